The van der Waals surface area contributed by atoms with Crippen molar-refractivity contribution in [3.63, 3.8) is 0 Å². The Labute approximate surface area is 112 Å². The average Bonchev–Trinajstić information content (AvgIpc) is 2.66. The fraction of sp³-hybridized carbons (Fsp3) is 0.467. The van der Waals surface area contributed by atoms with Crippen molar-refractivity contribution in [1.82, 2.24) is 4.90 Å². The summed E-state index contributed by atoms with van der Waals surface area (Å²) in [7, 11) is 2.20. The zero-order valence-corrected chi connectivity index (χ0v) is 12.0. The summed E-state index contributed by atoms with van der Waals surface area (Å²) in [6, 6.07) is 6.94. The molecule has 0 amide bonds. The summed E-state index contributed by atoms with van der Waals surface area (Å²) >= 11 is 1.81. The minimum absolute atomic E-state index is 0.560. The smallest absolute Gasteiger partial charge is 0.135 e. The first kappa shape index (κ1) is 12.1. The van der Waals surface area contributed by atoms with E-state index in [9.17, 15) is 0 Å². The van der Waals surface area contributed by atoms with Crippen LogP contribution in [0.4, 0.5) is 0 Å². The van der Waals surface area contributed by atoms with Crippen molar-refractivity contribution in [3.8, 4) is 0 Å². The van der Waals surface area contributed by atoms with Crippen molar-refractivity contribution < 1.29 is 4.42 Å². The van der Waals surface area contributed by atoms with Crippen LogP contribution >= 0.6 is 11.8 Å². The third kappa shape index (κ3) is 1.86. The number of benzene rings is 1. The molecule has 0 aliphatic carbocycles. The molecule has 0 radical (unpaired) electrons. The number of thioether (sulfide) groups is 1. The highest BCUT2D eigenvalue weighted by Crippen LogP contribution is 2.35. The fourth-order valence-electron chi connectivity index (χ4n) is 2.76. The normalized spacial score (nSPS) is 20.9. The molecule has 2 heterocycles. The maximum atomic E-state index is 6.09. The van der Waals surface area contributed by atoms with Gasteiger partial charge in [0.2, 0.25) is 0 Å². The summed E-state index contributed by atoms with van der Waals surface area (Å²) in [6.45, 7) is 3.39. The molecule has 0 saturated carbocycles. The Hall–Kier alpha value is -0.930. The summed E-state index contributed by atoms with van der Waals surface area (Å²) in [5, 5.41) is 1.35. The van der Waals surface area contributed by atoms with Gasteiger partial charge < -0.3 is 9.32 Å². The molecule has 0 N–H and O–H groups in total. The highest BCUT2D eigenvalue weighted by molar-refractivity contribution is 7.98. The average molecular weight is 261 g/mol. The number of fused-ring (bicyclic) bond motifs is 3. The van der Waals surface area contributed by atoms with E-state index in [1.807, 2.05) is 11.8 Å². The Balaban J connectivity index is 2.18. The summed E-state index contributed by atoms with van der Waals surface area (Å²) < 4.78 is 6.09. The SMILES string of the molecule is CSc1cccc2oc3c(c12)CCN(C)C(C)C3. The Kier molecular flexibility index (Phi) is 3.12. The van der Waals surface area contributed by atoms with Gasteiger partial charge in [-0.15, -0.1) is 11.8 Å². The van der Waals surface area contributed by atoms with Crippen LogP contribution in [0.3, 0.4) is 0 Å². The van der Waals surface area contributed by atoms with E-state index in [0.717, 1.165) is 25.0 Å². The van der Waals surface area contributed by atoms with Crippen LogP contribution in [0.25, 0.3) is 11.0 Å². The topological polar surface area (TPSA) is 16.4 Å². The van der Waals surface area contributed by atoms with E-state index in [4.69, 9.17) is 4.42 Å². The molecule has 1 aliphatic rings. The van der Waals surface area contributed by atoms with Crippen LogP contribution in [0, 0.1) is 0 Å². The highest BCUT2D eigenvalue weighted by atomic mass is 32.2. The van der Waals surface area contributed by atoms with Crippen molar-refractivity contribution in [1.29, 1.82) is 0 Å². The standard InChI is InChI=1S/C15H19NOS/c1-10-9-13-11(7-8-16(10)2)15-12(17-13)5-4-6-14(15)18-3/h4-6,10H,7-9H2,1-3H3. The van der Waals surface area contributed by atoms with Gasteiger partial charge in [0.05, 0.1) is 0 Å². The third-order valence-electron chi connectivity index (χ3n) is 4.03. The third-order valence-corrected chi connectivity index (χ3v) is 4.81. The second kappa shape index (κ2) is 4.63. The van der Waals surface area contributed by atoms with Gasteiger partial charge in [-0.3, -0.25) is 0 Å². The van der Waals surface area contributed by atoms with E-state index in [-0.39, 0.29) is 0 Å². The zero-order valence-electron chi connectivity index (χ0n) is 11.2. The second-order valence-electron chi connectivity index (χ2n) is 5.12. The van der Waals surface area contributed by atoms with Gasteiger partial charge in [-0.25, -0.2) is 0 Å². The Morgan fingerprint density at radius 1 is 1.39 bits per heavy atom. The summed E-state index contributed by atoms with van der Waals surface area (Å²) in [5.74, 6) is 1.20. The van der Waals surface area contributed by atoms with Crippen LogP contribution in [0.1, 0.15) is 18.2 Å². The lowest BCUT2D eigenvalue weighted by Crippen LogP contribution is -2.30. The van der Waals surface area contributed by atoms with Gasteiger partial charge in [-0.1, -0.05) is 6.07 Å². The van der Waals surface area contributed by atoms with Crippen LogP contribution in [-0.2, 0) is 12.8 Å². The maximum absolute atomic E-state index is 6.09. The molecular formula is C15H19NOS. The van der Waals surface area contributed by atoms with Crippen molar-refractivity contribution in [2.75, 3.05) is 19.8 Å². The van der Waals surface area contributed by atoms with E-state index >= 15 is 0 Å². The second-order valence-corrected chi connectivity index (χ2v) is 5.97. The van der Waals surface area contributed by atoms with Gasteiger partial charge in [-0.2, -0.15) is 0 Å². The molecule has 1 atom stereocenters. The highest BCUT2D eigenvalue weighted by Gasteiger charge is 2.23. The molecule has 1 aliphatic heterocycles. The number of rotatable bonds is 1. The van der Waals surface area contributed by atoms with E-state index in [0.29, 0.717) is 6.04 Å². The molecule has 1 unspecified atom stereocenters. The monoisotopic (exact) mass is 261 g/mol. The number of hydrogen-bond donors (Lipinski definition) is 0. The number of hydrogen-bond acceptors (Lipinski definition) is 3. The van der Waals surface area contributed by atoms with Crippen molar-refractivity contribution in [3.05, 3.63) is 29.5 Å². The lowest BCUT2D eigenvalue weighted by Gasteiger charge is -2.20. The molecule has 0 fully saturated rings. The molecule has 0 bridgehead atoms. The van der Waals surface area contributed by atoms with Crippen LogP contribution < -0.4 is 0 Å². The van der Waals surface area contributed by atoms with Gasteiger partial charge in [0, 0.05) is 34.9 Å². The quantitative estimate of drug-likeness (QED) is 0.730. The Bertz CT molecular complexity index is 575. The van der Waals surface area contributed by atoms with Crippen LogP contribution in [0.5, 0.6) is 0 Å². The van der Waals surface area contributed by atoms with E-state index < -0.39 is 0 Å². The summed E-state index contributed by atoms with van der Waals surface area (Å²) in [6.07, 6.45) is 4.26. The molecule has 2 aromatic rings. The molecule has 18 heavy (non-hydrogen) atoms. The van der Waals surface area contributed by atoms with Gasteiger partial charge in [0.15, 0.2) is 0 Å². The summed E-state index contributed by atoms with van der Waals surface area (Å²) in [4.78, 5) is 3.76. The van der Waals surface area contributed by atoms with Crippen molar-refractivity contribution >= 4 is 22.7 Å². The first-order chi connectivity index (χ1) is 8.70. The summed E-state index contributed by atoms with van der Waals surface area (Å²) in [5.41, 5.74) is 2.50. The first-order valence-electron chi connectivity index (χ1n) is 6.48. The van der Waals surface area contributed by atoms with Gasteiger partial charge in [0.25, 0.3) is 0 Å². The Morgan fingerprint density at radius 2 is 2.22 bits per heavy atom. The van der Waals surface area contributed by atoms with Gasteiger partial charge >= 0.3 is 0 Å². The largest absolute Gasteiger partial charge is 0.461 e. The van der Waals surface area contributed by atoms with Crippen LogP contribution in [0.15, 0.2) is 27.5 Å². The molecule has 2 nitrogen and oxygen atoms in total. The zero-order chi connectivity index (χ0) is 12.7. The molecule has 1 aromatic carbocycles. The molecule has 0 spiro atoms. The van der Waals surface area contributed by atoms with E-state index in [1.54, 1.807) is 0 Å². The van der Waals surface area contributed by atoms with Gasteiger partial charge in [-0.05, 0) is 38.8 Å². The fourth-order valence-corrected chi connectivity index (χ4v) is 3.40. The van der Waals surface area contributed by atoms with Crippen molar-refractivity contribution in [2.24, 2.45) is 0 Å². The lowest BCUT2D eigenvalue weighted by atomic mass is 10.1. The molecule has 1 aromatic heterocycles. The minimum Gasteiger partial charge on any atom is -0.461 e. The molecular weight excluding hydrogens is 242 g/mol. The molecule has 3 heteroatoms. The minimum atomic E-state index is 0.560. The Morgan fingerprint density at radius 3 is 3.00 bits per heavy atom. The van der Waals surface area contributed by atoms with Crippen LogP contribution in [0.2, 0.25) is 0 Å². The molecule has 96 valence electrons. The first-order valence-corrected chi connectivity index (χ1v) is 7.70. The predicted octanol–water partition coefficient (Wildman–Crippen LogP) is 3.57. The number of furan rings is 1. The van der Waals surface area contributed by atoms with E-state index in [1.165, 1.54) is 21.6 Å². The number of nitrogens with zero attached hydrogens (tertiary/aromatic N) is 1. The molecule has 3 rings (SSSR count). The predicted molar refractivity (Wildman–Crippen MR) is 77.5 cm³/mol. The number of likely N-dealkylation sites (N-methyl/N-ethyl adjacent to an activating group) is 1. The van der Waals surface area contributed by atoms with E-state index in [2.05, 4.69) is 43.3 Å². The van der Waals surface area contributed by atoms with Crippen LogP contribution in [-0.4, -0.2) is 30.8 Å². The van der Waals surface area contributed by atoms with Crippen molar-refractivity contribution in [2.45, 2.75) is 30.7 Å². The maximum Gasteiger partial charge on any atom is 0.135 e. The van der Waals surface area contributed by atoms with Gasteiger partial charge in [0.1, 0.15) is 11.3 Å². The molecule has 0 saturated heterocycles. The lowest BCUT2D eigenvalue weighted by molar-refractivity contribution is 0.262.